The smallest absolute Gasteiger partial charge is 0.293 e. The minimum absolute atomic E-state index is 0.125. The molecule has 0 aliphatic rings. The highest BCUT2D eigenvalue weighted by Gasteiger charge is 2.18. The first kappa shape index (κ1) is 23.8. The van der Waals surface area contributed by atoms with E-state index in [9.17, 15) is 23.3 Å². The summed E-state index contributed by atoms with van der Waals surface area (Å²) < 4.78 is 23.3. The van der Waals surface area contributed by atoms with Gasteiger partial charge in [0, 0.05) is 40.9 Å². The summed E-state index contributed by atoms with van der Waals surface area (Å²) in [6, 6.07) is 15.1. The number of hydrogen-bond donors (Lipinski definition) is 2. The van der Waals surface area contributed by atoms with Crippen LogP contribution in [0.2, 0.25) is 0 Å². The number of carbonyl (C=O) groups is 1. The first-order chi connectivity index (χ1) is 15.3. The number of anilines is 1. The third-order valence-corrected chi connectivity index (χ3v) is 7.69. The molecular formula is C21H21N3O5S3. The number of hydrogen-bond acceptors (Lipinski definition) is 8. The number of thiophene rings is 1. The van der Waals surface area contributed by atoms with Crippen LogP contribution in [0, 0.1) is 10.1 Å². The average Bonchev–Trinajstić information content (AvgIpc) is 3.28. The Morgan fingerprint density at radius 2 is 1.91 bits per heavy atom. The Morgan fingerprint density at radius 3 is 2.59 bits per heavy atom. The summed E-state index contributed by atoms with van der Waals surface area (Å²) in [4.78, 5) is 25.3. The number of amides is 1. The SMILES string of the molecule is CS(=O)(=O)c1ccc(NCCNC(=O)c2ccccc2SCc2cccs2)c([N+](=O)[O-])c1. The fourth-order valence-corrected chi connectivity index (χ4v) is 5.30. The van der Waals surface area contributed by atoms with Gasteiger partial charge in [0.05, 0.1) is 15.4 Å². The Balaban J connectivity index is 1.58. The summed E-state index contributed by atoms with van der Waals surface area (Å²) in [5.41, 5.74) is 0.413. The van der Waals surface area contributed by atoms with Crippen LogP contribution in [-0.4, -0.2) is 38.6 Å². The Bertz CT molecular complexity index is 1210. The van der Waals surface area contributed by atoms with E-state index in [1.807, 2.05) is 29.6 Å². The zero-order valence-corrected chi connectivity index (χ0v) is 19.6. The number of nitro groups is 1. The topological polar surface area (TPSA) is 118 Å². The number of nitrogens with one attached hydrogen (secondary N) is 2. The standard InChI is InChI=1S/C21H21N3O5S3/c1-32(28,29)16-8-9-18(19(13-16)24(26)27)22-10-11-23-21(25)17-6-2-3-7-20(17)31-14-15-5-4-12-30-15/h2-9,12-13,22H,10-11,14H2,1H3,(H,23,25). The maximum absolute atomic E-state index is 12.6. The van der Waals surface area contributed by atoms with E-state index in [4.69, 9.17) is 0 Å². The first-order valence-electron chi connectivity index (χ1n) is 9.50. The van der Waals surface area contributed by atoms with Crippen molar-refractivity contribution in [1.29, 1.82) is 0 Å². The lowest BCUT2D eigenvalue weighted by molar-refractivity contribution is -0.384. The van der Waals surface area contributed by atoms with Crippen LogP contribution in [0.1, 0.15) is 15.2 Å². The zero-order valence-electron chi connectivity index (χ0n) is 17.1. The minimum Gasteiger partial charge on any atom is -0.378 e. The van der Waals surface area contributed by atoms with E-state index >= 15 is 0 Å². The fourth-order valence-electron chi connectivity index (χ4n) is 2.83. The van der Waals surface area contributed by atoms with Gasteiger partial charge in [0.25, 0.3) is 11.6 Å². The minimum atomic E-state index is -3.56. The van der Waals surface area contributed by atoms with Gasteiger partial charge in [0.2, 0.25) is 0 Å². The van der Waals surface area contributed by atoms with Crippen molar-refractivity contribution in [3.63, 3.8) is 0 Å². The highest BCUT2D eigenvalue weighted by atomic mass is 32.2. The van der Waals surface area contributed by atoms with Crippen molar-refractivity contribution in [2.45, 2.75) is 15.5 Å². The first-order valence-corrected chi connectivity index (χ1v) is 13.3. The maximum atomic E-state index is 12.6. The molecule has 3 rings (SSSR count). The van der Waals surface area contributed by atoms with Gasteiger partial charge in [-0.2, -0.15) is 0 Å². The van der Waals surface area contributed by atoms with E-state index in [-0.39, 0.29) is 35.3 Å². The Hall–Kier alpha value is -2.89. The molecule has 11 heteroatoms. The van der Waals surface area contributed by atoms with Gasteiger partial charge in [-0.05, 0) is 35.7 Å². The lowest BCUT2D eigenvalue weighted by Gasteiger charge is -2.11. The van der Waals surface area contributed by atoms with Crippen LogP contribution in [0.4, 0.5) is 11.4 Å². The van der Waals surface area contributed by atoms with E-state index in [1.54, 1.807) is 35.2 Å². The monoisotopic (exact) mass is 491 g/mol. The number of thioether (sulfide) groups is 1. The summed E-state index contributed by atoms with van der Waals surface area (Å²) in [6.45, 7) is 0.461. The third kappa shape index (κ3) is 6.31. The molecule has 0 unspecified atom stereocenters. The van der Waals surface area contributed by atoms with E-state index in [0.29, 0.717) is 5.56 Å². The number of nitro benzene ring substituents is 1. The molecule has 0 spiro atoms. The predicted molar refractivity (Wildman–Crippen MR) is 127 cm³/mol. The number of nitrogens with zero attached hydrogens (tertiary/aromatic N) is 1. The van der Waals surface area contributed by atoms with Gasteiger partial charge in [-0.3, -0.25) is 14.9 Å². The quantitative estimate of drug-likeness (QED) is 0.189. The molecule has 1 amide bonds. The lowest BCUT2D eigenvalue weighted by atomic mass is 10.2. The molecule has 0 saturated heterocycles. The van der Waals surface area contributed by atoms with Crippen LogP contribution in [-0.2, 0) is 15.6 Å². The van der Waals surface area contributed by atoms with Crippen molar-refractivity contribution in [3.8, 4) is 0 Å². The summed E-state index contributed by atoms with van der Waals surface area (Å²) in [7, 11) is -3.56. The fraction of sp³-hybridized carbons (Fsp3) is 0.190. The molecular weight excluding hydrogens is 470 g/mol. The molecule has 32 heavy (non-hydrogen) atoms. The molecule has 0 atom stereocenters. The predicted octanol–water partition coefficient (Wildman–Crippen LogP) is 4.19. The van der Waals surface area contributed by atoms with Crippen molar-refractivity contribution >= 4 is 50.2 Å². The van der Waals surface area contributed by atoms with E-state index < -0.39 is 14.8 Å². The van der Waals surface area contributed by atoms with E-state index in [1.165, 1.54) is 17.0 Å². The molecule has 0 fully saturated rings. The second kappa shape index (κ2) is 10.6. The van der Waals surface area contributed by atoms with Crippen LogP contribution in [0.15, 0.2) is 69.8 Å². The number of sulfone groups is 1. The van der Waals surface area contributed by atoms with Gasteiger partial charge < -0.3 is 10.6 Å². The van der Waals surface area contributed by atoms with E-state index in [2.05, 4.69) is 10.6 Å². The largest absolute Gasteiger partial charge is 0.378 e. The van der Waals surface area contributed by atoms with Gasteiger partial charge in [-0.25, -0.2) is 8.42 Å². The molecule has 0 radical (unpaired) electrons. The highest BCUT2D eigenvalue weighted by molar-refractivity contribution is 7.98. The van der Waals surface area contributed by atoms with Gasteiger partial charge >= 0.3 is 0 Å². The maximum Gasteiger partial charge on any atom is 0.293 e. The molecule has 2 aromatic carbocycles. The number of carbonyl (C=O) groups excluding carboxylic acids is 1. The molecule has 0 saturated carbocycles. The molecule has 1 heterocycles. The van der Waals surface area contributed by atoms with Crippen molar-refractivity contribution in [1.82, 2.24) is 5.32 Å². The second-order valence-corrected chi connectivity index (χ2v) is 10.8. The Morgan fingerprint density at radius 1 is 1.12 bits per heavy atom. The van der Waals surface area contributed by atoms with Gasteiger partial charge in [-0.15, -0.1) is 23.1 Å². The van der Waals surface area contributed by atoms with Crippen LogP contribution < -0.4 is 10.6 Å². The molecule has 168 valence electrons. The number of benzene rings is 2. The van der Waals surface area contributed by atoms with Crippen molar-refractivity contribution < 1.29 is 18.1 Å². The molecule has 0 aliphatic heterocycles. The van der Waals surface area contributed by atoms with Crippen LogP contribution >= 0.6 is 23.1 Å². The van der Waals surface area contributed by atoms with Crippen LogP contribution in [0.5, 0.6) is 0 Å². The Kier molecular flexibility index (Phi) is 7.89. The molecule has 2 N–H and O–H groups in total. The van der Waals surface area contributed by atoms with Crippen LogP contribution in [0.25, 0.3) is 0 Å². The molecule has 0 bridgehead atoms. The van der Waals surface area contributed by atoms with Crippen molar-refractivity contribution in [3.05, 3.63) is 80.5 Å². The van der Waals surface area contributed by atoms with Gasteiger partial charge in [0.1, 0.15) is 5.69 Å². The number of rotatable bonds is 10. The Labute approximate surface area is 194 Å². The van der Waals surface area contributed by atoms with Crippen LogP contribution in [0.3, 0.4) is 0 Å². The van der Waals surface area contributed by atoms with E-state index in [0.717, 1.165) is 23.0 Å². The third-order valence-electron chi connectivity index (χ3n) is 4.40. The molecule has 0 aliphatic carbocycles. The summed E-state index contributed by atoms with van der Waals surface area (Å²) in [5, 5.41) is 19.0. The molecule has 8 nitrogen and oxygen atoms in total. The van der Waals surface area contributed by atoms with Gasteiger partial charge in [-0.1, -0.05) is 18.2 Å². The second-order valence-electron chi connectivity index (χ2n) is 6.76. The summed E-state index contributed by atoms with van der Waals surface area (Å²) in [6.07, 6.45) is 0.991. The van der Waals surface area contributed by atoms with Crippen molar-refractivity contribution in [2.24, 2.45) is 0 Å². The highest BCUT2D eigenvalue weighted by Crippen LogP contribution is 2.29. The summed E-state index contributed by atoms with van der Waals surface area (Å²) >= 11 is 3.25. The van der Waals surface area contributed by atoms with Gasteiger partial charge in [0.15, 0.2) is 9.84 Å². The average molecular weight is 492 g/mol. The summed E-state index contributed by atoms with van der Waals surface area (Å²) in [5.74, 6) is 0.541. The molecule has 3 aromatic rings. The molecule has 1 aromatic heterocycles. The van der Waals surface area contributed by atoms with Crippen molar-refractivity contribution in [2.75, 3.05) is 24.7 Å². The normalized spacial score (nSPS) is 11.2. The lowest BCUT2D eigenvalue weighted by Crippen LogP contribution is -2.29. The zero-order chi connectivity index (χ0) is 23.1.